The lowest BCUT2D eigenvalue weighted by Crippen LogP contribution is -2.49. The average molecular weight is 259 g/mol. The van der Waals surface area contributed by atoms with Crippen LogP contribution in [0.25, 0.3) is 0 Å². The fourth-order valence-electron chi connectivity index (χ4n) is 2.17. The fourth-order valence-corrected chi connectivity index (χ4v) is 3.09. The molecule has 3 nitrogen and oxygen atoms in total. The van der Waals surface area contributed by atoms with Crippen LogP contribution in [0.5, 0.6) is 0 Å². The number of carbonyl (C=O) groups excluding carboxylic acids is 1. The highest BCUT2D eigenvalue weighted by Gasteiger charge is 2.36. The fraction of sp³-hybridized carbons (Fsp3) is 0.923. The highest BCUT2D eigenvalue weighted by molar-refractivity contribution is 8.00. The van der Waals surface area contributed by atoms with Crippen LogP contribution in [0, 0.1) is 0 Å². The summed E-state index contributed by atoms with van der Waals surface area (Å²) in [4.78, 5) is 11.8. The van der Waals surface area contributed by atoms with Gasteiger partial charge in [-0.1, -0.05) is 19.8 Å². The molecule has 17 heavy (non-hydrogen) atoms. The van der Waals surface area contributed by atoms with Crippen molar-refractivity contribution in [2.45, 2.75) is 56.7 Å². The van der Waals surface area contributed by atoms with Gasteiger partial charge in [0.05, 0.1) is 6.61 Å². The number of thioether (sulfide) groups is 1. The summed E-state index contributed by atoms with van der Waals surface area (Å²) in [6, 6.07) is -0.121. The Morgan fingerprint density at radius 2 is 2.18 bits per heavy atom. The number of nitrogens with one attached hydrogen (secondary N) is 1. The maximum absolute atomic E-state index is 11.8. The smallest absolute Gasteiger partial charge is 0.323 e. The summed E-state index contributed by atoms with van der Waals surface area (Å²) in [5.74, 6) is -0.0927. The van der Waals surface area contributed by atoms with Crippen molar-refractivity contribution in [1.82, 2.24) is 5.32 Å². The number of esters is 1. The number of hydrogen-bond donors (Lipinski definition) is 1. The number of carbonyl (C=O) groups is 1. The van der Waals surface area contributed by atoms with Crippen LogP contribution in [-0.4, -0.2) is 36.2 Å². The monoisotopic (exact) mass is 259 g/mol. The predicted octanol–water partition coefficient (Wildman–Crippen LogP) is 2.59. The lowest BCUT2D eigenvalue weighted by molar-refractivity contribution is -0.145. The van der Waals surface area contributed by atoms with E-state index in [1.807, 2.05) is 18.7 Å². The Morgan fingerprint density at radius 1 is 1.47 bits per heavy atom. The second-order valence-electron chi connectivity index (χ2n) is 4.71. The van der Waals surface area contributed by atoms with Crippen LogP contribution in [0.4, 0.5) is 0 Å². The molecule has 0 spiro atoms. The number of ether oxygens (including phenoxy) is 1. The van der Waals surface area contributed by atoms with Crippen LogP contribution in [-0.2, 0) is 9.53 Å². The van der Waals surface area contributed by atoms with E-state index in [1.54, 1.807) is 0 Å². The van der Waals surface area contributed by atoms with E-state index in [0.717, 1.165) is 19.4 Å². The number of rotatable bonds is 8. The third-order valence-corrected chi connectivity index (χ3v) is 4.94. The molecule has 1 N–H and O–H groups in total. The van der Waals surface area contributed by atoms with Crippen molar-refractivity contribution < 1.29 is 9.53 Å². The van der Waals surface area contributed by atoms with Gasteiger partial charge in [0.1, 0.15) is 6.04 Å². The van der Waals surface area contributed by atoms with E-state index in [4.69, 9.17) is 4.74 Å². The Hall–Kier alpha value is -0.220. The molecule has 0 radical (unpaired) electrons. The van der Waals surface area contributed by atoms with Gasteiger partial charge in [0.25, 0.3) is 0 Å². The zero-order chi connectivity index (χ0) is 12.7. The molecule has 0 aromatic carbocycles. The molecule has 0 heterocycles. The average Bonchev–Trinajstić information content (AvgIpc) is 2.27. The minimum absolute atomic E-state index is 0.0927. The topological polar surface area (TPSA) is 38.3 Å². The Morgan fingerprint density at radius 3 is 2.59 bits per heavy atom. The Bertz CT molecular complexity index is 236. The first-order chi connectivity index (χ1) is 8.17. The van der Waals surface area contributed by atoms with Crippen molar-refractivity contribution in [1.29, 1.82) is 0 Å². The summed E-state index contributed by atoms with van der Waals surface area (Å²) in [5, 5.41) is 3.40. The van der Waals surface area contributed by atoms with Crippen molar-refractivity contribution in [3.05, 3.63) is 0 Å². The Kier molecular flexibility index (Phi) is 6.34. The molecular formula is C13H25NO2S. The summed E-state index contributed by atoms with van der Waals surface area (Å²) in [6.45, 7) is 5.35. The molecule has 1 saturated carbocycles. The van der Waals surface area contributed by atoms with E-state index in [0.29, 0.717) is 11.4 Å². The van der Waals surface area contributed by atoms with E-state index in [1.165, 1.54) is 19.3 Å². The quantitative estimate of drug-likeness (QED) is 0.680. The molecular weight excluding hydrogens is 234 g/mol. The first-order valence-electron chi connectivity index (χ1n) is 6.62. The Labute approximate surface area is 109 Å². The van der Waals surface area contributed by atoms with Crippen LogP contribution < -0.4 is 5.32 Å². The van der Waals surface area contributed by atoms with Gasteiger partial charge >= 0.3 is 5.97 Å². The summed E-state index contributed by atoms with van der Waals surface area (Å²) in [7, 11) is 0. The van der Waals surface area contributed by atoms with Gasteiger partial charge in [-0.2, -0.15) is 11.8 Å². The standard InChI is InChI=1S/C13H25NO2S/c1-4-7-11(12(15)16-5-2)14-10-13(17-3)8-6-9-13/h11,14H,4-10H2,1-3H3. The molecule has 0 bridgehead atoms. The van der Waals surface area contributed by atoms with Gasteiger partial charge in [-0.15, -0.1) is 0 Å². The summed E-state index contributed by atoms with van der Waals surface area (Å²) < 4.78 is 5.47. The molecule has 4 heteroatoms. The van der Waals surface area contributed by atoms with Gasteiger partial charge in [-0.05, 0) is 32.4 Å². The lowest BCUT2D eigenvalue weighted by atomic mass is 9.84. The van der Waals surface area contributed by atoms with Crippen LogP contribution in [0.15, 0.2) is 0 Å². The van der Waals surface area contributed by atoms with Crippen molar-refractivity contribution in [3.8, 4) is 0 Å². The SMILES string of the molecule is CCCC(NCC1(SC)CCC1)C(=O)OCC. The second kappa shape index (κ2) is 7.27. The van der Waals surface area contributed by atoms with E-state index < -0.39 is 0 Å². The van der Waals surface area contributed by atoms with Gasteiger partial charge in [0, 0.05) is 11.3 Å². The lowest BCUT2D eigenvalue weighted by Gasteiger charge is -2.41. The second-order valence-corrected chi connectivity index (χ2v) is 5.99. The minimum Gasteiger partial charge on any atom is -0.465 e. The minimum atomic E-state index is -0.121. The normalized spacial score (nSPS) is 19.5. The zero-order valence-corrected chi connectivity index (χ0v) is 12.1. The third kappa shape index (κ3) is 4.18. The van der Waals surface area contributed by atoms with E-state index in [2.05, 4.69) is 18.5 Å². The van der Waals surface area contributed by atoms with Gasteiger partial charge in [-0.3, -0.25) is 4.79 Å². The van der Waals surface area contributed by atoms with Crippen molar-refractivity contribution in [3.63, 3.8) is 0 Å². The van der Waals surface area contributed by atoms with Crippen molar-refractivity contribution >= 4 is 17.7 Å². The Balaban J connectivity index is 2.40. The molecule has 0 amide bonds. The van der Waals surface area contributed by atoms with Crippen molar-refractivity contribution in [2.24, 2.45) is 0 Å². The van der Waals surface area contributed by atoms with E-state index in [-0.39, 0.29) is 12.0 Å². The third-order valence-electron chi connectivity index (χ3n) is 3.52. The molecule has 0 aliphatic heterocycles. The van der Waals surface area contributed by atoms with Gasteiger partial charge in [0.15, 0.2) is 0 Å². The molecule has 1 atom stereocenters. The highest BCUT2D eigenvalue weighted by atomic mass is 32.2. The molecule has 0 aromatic rings. The van der Waals surface area contributed by atoms with Crippen molar-refractivity contribution in [2.75, 3.05) is 19.4 Å². The van der Waals surface area contributed by atoms with Crippen LogP contribution in [0.1, 0.15) is 46.0 Å². The van der Waals surface area contributed by atoms with E-state index in [9.17, 15) is 4.79 Å². The van der Waals surface area contributed by atoms with Gasteiger partial charge in [-0.25, -0.2) is 0 Å². The maximum Gasteiger partial charge on any atom is 0.323 e. The maximum atomic E-state index is 11.8. The molecule has 1 rings (SSSR count). The first kappa shape index (κ1) is 14.8. The highest BCUT2D eigenvalue weighted by Crippen LogP contribution is 2.42. The van der Waals surface area contributed by atoms with Crippen LogP contribution in [0.2, 0.25) is 0 Å². The molecule has 100 valence electrons. The van der Waals surface area contributed by atoms with E-state index >= 15 is 0 Å². The molecule has 1 aliphatic rings. The van der Waals surface area contributed by atoms with Crippen LogP contribution in [0.3, 0.4) is 0 Å². The molecule has 1 aliphatic carbocycles. The summed E-state index contributed by atoms with van der Waals surface area (Å²) in [5.41, 5.74) is 0. The number of hydrogen-bond acceptors (Lipinski definition) is 4. The summed E-state index contributed by atoms with van der Waals surface area (Å²) in [6.07, 6.45) is 7.89. The van der Waals surface area contributed by atoms with Gasteiger partial charge in [0.2, 0.25) is 0 Å². The largest absolute Gasteiger partial charge is 0.465 e. The molecule has 1 fully saturated rings. The summed E-state index contributed by atoms with van der Waals surface area (Å²) >= 11 is 1.93. The molecule has 1 unspecified atom stereocenters. The zero-order valence-electron chi connectivity index (χ0n) is 11.3. The predicted molar refractivity (Wildman–Crippen MR) is 73.4 cm³/mol. The molecule has 0 saturated heterocycles. The van der Waals surface area contributed by atoms with Crippen LogP contribution >= 0.6 is 11.8 Å². The van der Waals surface area contributed by atoms with Gasteiger partial charge < -0.3 is 10.1 Å². The molecule has 0 aromatic heterocycles. The first-order valence-corrected chi connectivity index (χ1v) is 7.85.